The number of benzene rings is 1. The van der Waals surface area contributed by atoms with Gasteiger partial charge in [-0.05, 0) is 58.1 Å². The lowest BCUT2D eigenvalue weighted by Gasteiger charge is -2.18. The number of aromatic nitrogens is 2. The van der Waals surface area contributed by atoms with E-state index in [0.717, 1.165) is 30.7 Å². The van der Waals surface area contributed by atoms with E-state index in [1.807, 2.05) is 7.05 Å². The molecule has 2 aliphatic carbocycles. The lowest BCUT2D eigenvalue weighted by Crippen LogP contribution is -2.31. The molecule has 0 bridgehead atoms. The van der Waals surface area contributed by atoms with E-state index in [2.05, 4.69) is 25.5 Å². The first kappa shape index (κ1) is 28.2. The number of fused-ring (bicyclic) bond motifs is 2. The molecule has 0 radical (unpaired) electrons. The topological polar surface area (TPSA) is 134 Å². The van der Waals surface area contributed by atoms with Crippen LogP contribution in [0.15, 0.2) is 46.2 Å². The van der Waals surface area contributed by atoms with Crippen LogP contribution in [-0.2, 0) is 0 Å². The molecule has 5 rings (SSSR count). The van der Waals surface area contributed by atoms with E-state index < -0.39 is 23.2 Å². The summed E-state index contributed by atoms with van der Waals surface area (Å²) < 4.78 is 33.1. The van der Waals surface area contributed by atoms with Gasteiger partial charge in [0.15, 0.2) is 5.69 Å². The van der Waals surface area contributed by atoms with Crippen LogP contribution >= 0.6 is 11.3 Å². The maximum atomic E-state index is 14.1. The van der Waals surface area contributed by atoms with Gasteiger partial charge >= 0.3 is 0 Å². The number of carbonyl (C=O) groups excluding carboxylic acids is 4. The van der Waals surface area contributed by atoms with Crippen LogP contribution in [0.3, 0.4) is 0 Å². The van der Waals surface area contributed by atoms with E-state index in [1.165, 1.54) is 17.4 Å². The van der Waals surface area contributed by atoms with Crippen molar-refractivity contribution in [1.82, 2.24) is 25.5 Å². The van der Waals surface area contributed by atoms with Crippen LogP contribution in [0.1, 0.15) is 59.1 Å². The number of nitrogens with one attached hydrogen (secondary N) is 2. The number of hydrogen-bond acceptors (Lipinski definition) is 11. The van der Waals surface area contributed by atoms with Crippen molar-refractivity contribution in [2.24, 2.45) is 0 Å². The Kier molecular flexibility index (Phi) is 7.99. The Labute approximate surface area is 237 Å². The summed E-state index contributed by atoms with van der Waals surface area (Å²) in [5.74, 6) is -3.84. The highest BCUT2D eigenvalue weighted by atomic mass is 32.1. The Morgan fingerprint density at radius 3 is 2.22 bits per heavy atom. The Bertz CT molecular complexity index is 1640. The predicted octanol–water partition coefficient (Wildman–Crippen LogP) is 3.50. The molecule has 0 fully saturated rings. The van der Waals surface area contributed by atoms with Crippen molar-refractivity contribution in [3.63, 3.8) is 0 Å². The van der Waals surface area contributed by atoms with Gasteiger partial charge in [-0.25, -0.2) is 18.7 Å². The number of thiazole rings is 1. The third-order valence-corrected chi connectivity index (χ3v) is 7.47. The SMILES string of the molecule is Cc1nc2c(s1)C(=O)C(NCCCN(C)CCCNC1=CC(=O)c3nc(-c4cc(F)ccc4F)oc3C1=O)=CC2=O. The molecule has 0 saturated heterocycles. The normalized spacial score (nSPS) is 14.7. The zero-order valence-corrected chi connectivity index (χ0v) is 23.0. The van der Waals surface area contributed by atoms with E-state index in [0.29, 0.717) is 42.5 Å². The Balaban J connectivity index is 1.06. The number of Topliss-reactive ketones (excluding diaryl/α,β-unsaturated/α-hetero) is 2. The summed E-state index contributed by atoms with van der Waals surface area (Å²) in [6, 6.07) is 2.73. The summed E-state index contributed by atoms with van der Waals surface area (Å²) in [5, 5.41) is 6.67. The number of rotatable bonds is 11. The molecule has 2 N–H and O–H groups in total. The number of carbonyl (C=O) groups is 4. The van der Waals surface area contributed by atoms with Gasteiger partial charge in [-0.3, -0.25) is 19.2 Å². The minimum absolute atomic E-state index is 0.0380. The molecular weight excluding hydrogens is 556 g/mol. The van der Waals surface area contributed by atoms with Crippen LogP contribution in [-0.4, -0.2) is 71.2 Å². The fourth-order valence-electron chi connectivity index (χ4n) is 4.46. The molecular formula is C28H25F2N5O5S. The second kappa shape index (κ2) is 11.6. The third-order valence-electron chi connectivity index (χ3n) is 6.50. The highest BCUT2D eigenvalue weighted by Crippen LogP contribution is 2.29. The van der Waals surface area contributed by atoms with Crippen molar-refractivity contribution in [3.8, 4) is 11.5 Å². The maximum Gasteiger partial charge on any atom is 0.246 e. The minimum atomic E-state index is -0.796. The quantitative estimate of drug-likeness (QED) is 0.324. The van der Waals surface area contributed by atoms with E-state index in [9.17, 15) is 28.0 Å². The molecule has 2 heterocycles. The van der Waals surface area contributed by atoms with Gasteiger partial charge in [0, 0.05) is 25.2 Å². The van der Waals surface area contributed by atoms with Crippen molar-refractivity contribution < 1.29 is 32.4 Å². The molecule has 0 aliphatic heterocycles. The molecule has 0 unspecified atom stereocenters. The third kappa shape index (κ3) is 5.91. The van der Waals surface area contributed by atoms with Gasteiger partial charge < -0.3 is 20.0 Å². The average molecular weight is 582 g/mol. The van der Waals surface area contributed by atoms with E-state index in [-0.39, 0.29) is 51.6 Å². The van der Waals surface area contributed by atoms with Crippen LogP contribution < -0.4 is 10.6 Å². The van der Waals surface area contributed by atoms with Crippen LogP contribution in [0.25, 0.3) is 11.5 Å². The highest BCUT2D eigenvalue weighted by molar-refractivity contribution is 7.14. The first-order valence-corrected chi connectivity index (χ1v) is 13.7. The number of nitrogens with zero attached hydrogens (tertiary/aromatic N) is 3. The van der Waals surface area contributed by atoms with Gasteiger partial charge in [-0.1, -0.05) is 0 Å². The lowest BCUT2D eigenvalue weighted by molar-refractivity contribution is 0.0956. The number of oxazole rings is 1. The molecule has 1 aromatic carbocycles. The van der Waals surface area contributed by atoms with Gasteiger partial charge in [0.2, 0.25) is 34.8 Å². The number of aryl methyl sites for hydroxylation is 1. The Hall–Kier alpha value is -4.36. The number of allylic oxidation sites excluding steroid dienone is 4. The van der Waals surface area contributed by atoms with Gasteiger partial charge in [0.05, 0.1) is 22.0 Å². The smallest absolute Gasteiger partial charge is 0.246 e. The number of hydrogen-bond donors (Lipinski definition) is 2. The highest BCUT2D eigenvalue weighted by Gasteiger charge is 2.33. The molecule has 41 heavy (non-hydrogen) atoms. The van der Waals surface area contributed by atoms with E-state index in [1.54, 1.807) is 6.92 Å². The van der Waals surface area contributed by atoms with Crippen molar-refractivity contribution in [1.29, 1.82) is 0 Å². The second-order valence-electron chi connectivity index (χ2n) is 9.60. The van der Waals surface area contributed by atoms with Crippen LogP contribution in [0.2, 0.25) is 0 Å². The number of ketones is 4. The summed E-state index contributed by atoms with van der Waals surface area (Å²) >= 11 is 1.21. The monoisotopic (exact) mass is 581 g/mol. The largest absolute Gasteiger partial charge is 0.432 e. The molecule has 0 saturated carbocycles. The van der Waals surface area contributed by atoms with Gasteiger partial charge in [0.25, 0.3) is 0 Å². The molecule has 0 atom stereocenters. The average Bonchev–Trinajstić information content (AvgIpc) is 3.56. The second-order valence-corrected chi connectivity index (χ2v) is 10.8. The molecule has 13 heteroatoms. The van der Waals surface area contributed by atoms with E-state index >= 15 is 0 Å². The summed E-state index contributed by atoms with van der Waals surface area (Å²) in [6.07, 6.45) is 3.79. The molecule has 3 aromatic rings. The Morgan fingerprint density at radius 2 is 1.54 bits per heavy atom. The van der Waals surface area contributed by atoms with Crippen LogP contribution in [0, 0.1) is 18.6 Å². The molecule has 212 valence electrons. The molecule has 2 aliphatic rings. The molecule has 2 aromatic heterocycles. The Morgan fingerprint density at radius 1 is 0.902 bits per heavy atom. The standard InChI is InChI=1S/C28H25F2N5O5S/c1-14-33-23-21(37)13-19(25(39)27(23)41-14)32-8-4-10-35(2)9-3-7-31-18-12-20(36)22-26(24(18)38)40-28(34-22)16-11-15(29)5-6-17(16)30/h5-6,11-13,31-32H,3-4,7-10H2,1-2H3. The lowest BCUT2D eigenvalue weighted by atomic mass is 10.0. The first-order chi connectivity index (χ1) is 19.6. The van der Waals surface area contributed by atoms with Crippen LogP contribution in [0.4, 0.5) is 8.78 Å². The number of halogens is 2. The first-order valence-electron chi connectivity index (χ1n) is 12.8. The summed E-state index contributed by atoms with van der Waals surface area (Å²) in [4.78, 5) is 60.7. The molecule has 10 nitrogen and oxygen atoms in total. The maximum absolute atomic E-state index is 14.1. The fourth-order valence-corrected chi connectivity index (χ4v) is 5.34. The summed E-state index contributed by atoms with van der Waals surface area (Å²) in [6.45, 7) is 4.05. The van der Waals surface area contributed by atoms with Crippen molar-refractivity contribution in [2.75, 3.05) is 33.2 Å². The summed E-state index contributed by atoms with van der Waals surface area (Å²) in [5.41, 5.74) is 0.00591. The van der Waals surface area contributed by atoms with Gasteiger partial charge in [0.1, 0.15) is 22.2 Å². The van der Waals surface area contributed by atoms with Gasteiger partial charge in [-0.2, -0.15) is 0 Å². The van der Waals surface area contributed by atoms with Crippen molar-refractivity contribution in [2.45, 2.75) is 19.8 Å². The molecule has 0 amide bonds. The molecule has 0 spiro atoms. The fraction of sp³-hybridized carbons (Fsp3) is 0.286. The zero-order valence-electron chi connectivity index (χ0n) is 22.2. The summed E-state index contributed by atoms with van der Waals surface area (Å²) in [7, 11) is 1.93. The van der Waals surface area contributed by atoms with E-state index in [4.69, 9.17) is 4.42 Å². The zero-order chi connectivity index (χ0) is 29.3. The van der Waals surface area contributed by atoms with Gasteiger partial charge in [-0.15, -0.1) is 11.3 Å². The van der Waals surface area contributed by atoms with Crippen molar-refractivity contribution in [3.05, 3.63) is 80.4 Å². The predicted molar refractivity (Wildman–Crippen MR) is 145 cm³/mol. The van der Waals surface area contributed by atoms with Crippen molar-refractivity contribution >= 4 is 34.5 Å². The van der Waals surface area contributed by atoms with Crippen LogP contribution in [0.5, 0.6) is 0 Å². The minimum Gasteiger partial charge on any atom is -0.432 e.